The van der Waals surface area contributed by atoms with Gasteiger partial charge in [-0.05, 0) is 53.4 Å². The van der Waals surface area contributed by atoms with E-state index in [0.29, 0.717) is 28.9 Å². The first-order chi connectivity index (χ1) is 9.79. The number of amides is 1. The molecule has 1 aromatic rings. The fourth-order valence-corrected chi connectivity index (χ4v) is 4.00. The summed E-state index contributed by atoms with van der Waals surface area (Å²) in [5.74, 6) is -0.307. The fraction of sp³-hybridized carbons (Fsp3) is 0.462. The number of carbonyl (C=O) groups is 1. The molecule has 1 aromatic carbocycles. The summed E-state index contributed by atoms with van der Waals surface area (Å²) in [5.41, 5.74) is 0.996. The van der Waals surface area contributed by atoms with Crippen molar-refractivity contribution < 1.29 is 17.9 Å². The number of benzene rings is 1. The summed E-state index contributed by atoms with van der Waals surface area (Å²) in [5, 5.41) is 2.80. The lowest BCUT2D eigenvalue weighted by Gasteiger charge is -2.21. The number of aryl methyl sites for hydroxylation is 1. The summed E-state index contributed by atoms with van der Waals surface area (Å²) >= 11 is 3.26. The molecule has 0 radical (unpaired) electrons. The quantitative estimate of drug-likeness (QED) is 0.797. The van der Waals surface area contributed by atoms with Crippen molar-refractivity contribution in [2.75, 3.05) is 18.5 Å². The summed E-state index contributed by atoms with van der Waals surface area (Å²) in [7, 11) is 1.55. The van der Waals surface area contributed by atoms with Crippen LogP contribution in [0, 0.1) is 12.8 Å². The van der Waals surface area contributed by atoms with Crippen LogP contribution in [0.3, 0.4) is 0 Å². The molecule has 1 saturated heterocycles. The first-order valence-corrected chi connectivity index (χ1v) is 9.52. The Morgan fingerprint density at radius 3 is 2.76 bits per heavy atom. The number of ether oxygens (including phenoxy) is 1. The molecule has 21 heavy (non-hydrogen) atoms. The van der Waals surface area contributed by atoms with Crippen LogP contribution in [-0.2, 0) is 18.6 Å². The molecule has 1 unspecified atom stereocenters. The van der Waals surface area contributed by atoms with E-state index in [4.69, 9.17) is 15.4 Å². The second-order valence-corrected chi connectivity index (χ2v) is 8.33. The maximum atomic E-state index is 12.2. The van der Waals surface area contributed by atoms with Crippen molar-refractivity contribution in [1.82, 2.24) is 0 Å². The Bertz CT molecular complexity index is 656. The first-order valence-electron chi connectivity index (χ1n) is 6.42. The zero-order chi connectivity index (χ0) is 15.6. The van der Waals surface area contributed by atoms with Gasteiger partial charge < -0.3 is 10.1 Å². The Labute approximate surface area is 136 Å². The van der Waals surface area contributed by atoms with Crippen molar-refractivity contribution in [3.05, 3.63) is 22.2 Å². The van der Waals surface area contributed by atoms with E-state index in [9.17, 15) is 13.2 Å². The van der Waals surface area contributed by atoms with E-state index in [-0.39, 0.29) is 16.7 Å². The van der Waals surface area contributed by atoms with Crippen LogP contribution in [0.4, 0.5) is 5.69 Å². The molecule has 1 N–H and O–H groups in total. The molecule has 1 heterocycles. The molecule has 0 aromatic heterocycles. The van der Waals surface area contributed by atoms with E-state index in [1.807, 2.05) is 0 Å². The molecule has 8 heteroatoms. The predicted molar refractivity (Wildman–Crippen MR) is 84.1 cm³/mol. The highest BCUT2D eigenvalue weighted by Crippen LogP contribution is 2.31. The van der Waals surface area contributed by atoms with Crippen LogP contribution in [0.15, 0.2) is 21.5 Å². The van der Waals surface area contributed by atoms with E-state index in [2.05, 4.69) is 21.2 Å². The van der Waals surface area contributed by atoms with Gasteiger partial charge in [-0.25, -0.2) is 8.42 Å². The topological polar surface area (TPSA) is 72.5 Å². The van der Waals surface area contributed by atoms with Crippen molar-refractivity contribution in [1.29, 1.82) is 0 Å². The van der Waals surface area contributed by atoms with Crippen LogP contribution < -0.4 is 5.32 Å². The lowest BCUT2D eigenvalue weighted by atomic mass is 10.0. The SMILES string of the molecule is Cc1cc(NC(=O)C2CCCOC2)c(Br)cc1S(=O)(=O)Cl. The standard InChI is InChI=1S/C13H15BrClNO4S/c1-8-5-11(10(14)6-12(8)21(15,18)19)16-13(17)9-3-2-4-20-7-9/h5-6,9H,2-4,7H2,1H3,(H,16,17). The smallest absolute Gasteiger partial charge is 0.261 e. The number of rotatable bonds is 3. The first kappa shape index (κ1) is 16.7. The van der Waals surface area contributed by atoms with Crippen LogP contribution >= 0.6 is 26.6 Å². The Kier molecular flexibility index (Phi) is 5.29. The maximum absolute atomic E-state index is 12.2. The van der Waals surface area contributed by atoms with Gasteiger partial charge in [0.25, 0.3) is 9.05 Å². The molecule has 1 amide bonds. The normalized spacial score (nSPS) is 19.3. The fourth-order valence-electron chi connectivity index (χ4n) is 2.20. The third-order valence-corrected chi connectivity index (χ3v) is 5.44. The van der Waals surface area contributed by atoms with Gasteiger partial charge in [-0.3, -0.25) is 4.79 Å². The third kappa shape index (κ3) is 4.18. The number of nitrogens with one attached hydrogen (secondary N) is 1. The Morgan fingerprint density at radius 1 is 1.48 bits per heavy atom. The summed E-state index contributed by atoms with van der Waals surface area (Å²) in [6.07, 6.45) is 1.65. The van der Waals surface area contributed by atoms with Crippen molar-refractivity contribution in [2.24, 2.45) is 5.92 Å². The van der Waals surface area contributed by atoms with Crippen molar-refractivity contribution in [2.45, 2.75) is 24.7 Å². The van der Waals surface area contributed by atoms with Crippen molar-refractivity contribution in [3.8, 4) is 0 Å². The van der Waals surface area contributed by atoms with Gasteiger partial charge in [0.2, 0.25) is 5.91 Å². The van der Waals surface area contributed by atoms with Gasteiger partial charge in [-0.1, -0.05) is 0 Å². The summed E-state index contributed by atoms with van der Waals surface area (Å²) in [6, 6.07) is 2.98. The molecule has 0 spiro atoms. The number of carbonyl (C=O) groups excluding carboxylic acids is 1. The van der Waals surface area contributed by atoms with Gasteiger partial charge in [-0.2, -0.15) is 0 Å². The second-order valence-electron chi connectivity index (χ2n) is 4.94. The lowest BCUT2D eigenvalue weighted by Crippen LogP contribution is -2.30. The minimum absolute atomic E-state index is 0.0232. The molecular weight excluding hydrogens is 382 g/mol. The maximum Gasteiger partial charge on any atom is 0.261 e. The lowest BCUT2D eigenvalue weighted by molar-refractivity contribution is -0.123. The van der Waals surface area contributed by atoms with Crippen molar-refractivity contribution in [3.63, 3.8) is 0 Å². The zero-order valence-corrected chi connectivity index (χ0v) is 14.5. The monoisotopic (exact) mass is 395 g/mol. The van der Waals surface area contributed by atoms with Gasteiger partial charge in [-0.15, -0.1) is 0 Å². The number of halogens is 2. The van der Waals surface area contributed by atoms with Gasteiger partial charge in [0.05, 0.1) is 23.1 Å². The minimum atomic E-state index is -3.81. The van der Waals surface area contributed by atoms with Gasteiger partial charge in [0, 0.05) is 21.8 Å². The van der Waals surface area contributed by atoms with Crippen LogP contribution in [-0.4, -0.2) is 27.5 Å². The minimum Gasteiger partial charge on any atom is -0.381 e. The van der Waals surface area contributed by atoms with Crippen LogP contribution in [0.25, 0.3) is 0 Å². The molecule has 0 aliphatic carbocycles. The average molecular weight is 397 g/mol. The molecule has 1 fully saturated rings. The van der Waals surface area contributed by atoms with E-state index >= 15 is 0 Å². The Balaban J connectivity index is 2.21. The third-order valence-electron chi connectivity index (χ3n) is 3.32. The highest BCUT2D eigenvalue weighted by molar-refractivity contribution is 9.10. The number of anilines is 1. The van der Waals surface area contributed by atoms with Crippen LogP contribution in [0.2, 0.25) is 0 Å². The summed E-state index contributed by atoms with van der Waals surface area (Å²) in [6.45, 7) is 2.73. The second kappa shape index (κ2) is 6.64. The molecule has 1 aliphatic heterocycles. The van der Waals surface area contributed by atoms with Crippen LogP contribution in [0.5, 0.6) is 0 Å². The highest BCUT2D eigenvalue weighted by Gasteiger charge is 2.23. The highest BCUT2D eigenvalue weighted by atomic mass is 79.9. The molecule has 0 saturated carbocycles. The molecule has 1 atom stereocenters. The molecule has 116 valence electrons. The van der Waals surface area contributed by atoms with Gasteiger partial charge in [0.15, 0.2) is 0 Å². The number of hydrogen-bond acceptors (Lipinski definition) is 4. The van der Waals surface area contributed by atoms with E-state index in [1.54, 1.807) is 13.0 Å². The molecule has 1 aliphatic rings. The summed E-state index contributed by atoms with van der Waals surface area (Å²) < 4.78 is 28.6. The van der Waals surface area contributed by atoms with Gasteiger partial charge >= 0.3 is 0 Å². The summed E-state index contributed by atoms with van der Waals surface area (Å²) in [4.78, 5) is 12.2. The van der Waals surface area contributed by atoms with E-state index in [1.165, 1.54) is 6.07 Å². The molecule has 2 rings (SSSR count). The van der Waals surface area contributed by atoms with E-state index < -0.39 is 9.05 Å². The molecule has 5 nitrogen and oxygen atoms in total. The Morgan fingerprint density at radius 2 is 2.19 bits per heavy atom. The molecule has 0 bridgehead atoms. The predicted octanol–water partition coefficient (Wildman–Crippen LogP) is 3.05. The zero-order valence-electron chi connectivity index (χ0n) is 11.4. The largest absolute Gasteiger partial charge is 0.381 e. The molecular formula is C13H15BrClNO4S. The average Bonchev–Trinajstić information content (AvgIpc) is 2.42. The van der Waals surface area contributed by atoms with Crippen LogP contribution in [0.1, 0.15) is 18.4 Å². The van der Waals surface area contributed by atoms with Crippen molar-refractivity contribution >= 4 is 47.3 Å². The number of hydrogen-bond donors (Lipinski definition) is 1. The van der Waals surface area contributed by atoms with E-state index in [0.717, 1.165) is 12.8 Å². The van der Waals surface area contributed by atoms with Gasteiger partial charge in [0.1, 0.15) is 0 Å². The Hall–Kier alpha value is -0.630.